The molecule has 0 aliphatic carbocycles. The molecule has 2 amide bonds. The first-order chi connectivity index (χ1) is 12.5. The molecule has 1 fully saturated rings. The number of carbonyl (C=O) groups excluding carboxylic acids is 2. The number of aryl methyl sites for hydroxylation is 2. The van der Waals surface area contributed by atoms with Gasteiger partial charge >= 0.3 is 0 Å². The van der Waals surface area contributed by atoms with Gasteiger partial charge in [0.05, 0.1) is 5.75 Å². The molecular formula is C17H21N5O3S. The van der Waals surface area contributed by atoms with Crippen molar-refractivity contribution in [3.05, 3.63) is 35.2 Å². The number of nitrogens with zero attached hydrogens (tertiary/aromatic N) is 4. The number of aromatic nitrogens is 3. The molecule has 3 rings (SSSR count). The highest BCUT2D eigenvalue weighted by Gasteiger charge is 2.26. The first-order valence-corrected chi connectivity index (χ1v) is 9.29. The normalized spacial score (nSPS) is 14.1. The molecule has 26 heavy (non-hydrogen) atoms. The third-order valence-corrected chi connectivity index (χ3v) is 5.05. The molecule has 2 heterocycles. The van der Waals surface area contributed by atoms with E-state index in [0.29, 0.717) is 23.9 Å². The van der Waals surface area contributed by atoms with E-state index in [1.54, 1.807) is 0 Å². The van der Waals surface area contributed by atoms with Crippen LogP contribution in [0.1, 0.15) is 29.8 Å². The highest BCUT2D eigenvalue weighted by molar-refractivity contribution is 7.99. The van der Waals surface area contributed by atoms with Crippen molar-refractivity contribution in [3.8, 4) is 5.75 Å². The fourth-order valence-corrected chi connectivity index (χ4v) is 3.48. The van der Waals surface area contributed by atoms with Crippen LogP contribution >= 0.6 is 11.8 Å². The third-order valence-electron chi connectivity index (χ3n) is 4.12. The average molecular weight is 375 g/mol. The van der Waals surface area contributed by atoms with Gasteiger partial charge in [-0.15, -0.1) is 10.2 Å². The lowest BCUT2D eigenvalue weighted by atomic mass is 10.1. The molecule has 2 N–H and O–H groups in total. The van der Waals surface area contributed by atoms with Crippen molar-refractivity contribution in [3.63, 3.8) is 0 Å². The third kappa shape index (κ3) is 3.98. The van der Waals surface area contributed by atoms with E-state index in [0.717, 1.165) is 35.1 Å². The molecule has 8 nitrogen and oxygen atoms in total. The number of carbonyl (C=O) groups is 2. The molecule has 0 spiro atoms. The maximum absolute atomic E-state index is 12.1. The van der Waals surface area contributed by atoms with Gasteiger partial charge in [0.2, 0.25) is 17.0 Å². The summed E-state index contributed by atoms with van der Waals surface area (Å²) >= 11 is 1.16. The first-order valence-electron chi connectivity index (χ1n) is 8.31. The number of likely N-dealkylation sites (tertiary alicyclic amines) is 1. The van der Waals surface area contributed by atoms with Crippen LogP contribution in [0.4, 0.5) is 0 Å². The van der Waals surface area contributed by atoms with Crippen molar-refractivity contribution < 1.29 is 14.3 Å². The van der Waals surface area contributed by atoms with E-state index in [2.05, 4.69) is 10.2 Å². The molecule has 138 valence electrons. The van der Waals surface area contributed by atoms with Crippen molar-refractivity contribution in [2.75, 3.05) is 18.1 Å². The average Bonchev–Trinajstić information content (AvgIpc) is 3.18. The summed E-state index contributed by atoms with van der Waals surface area (Å²) in [4.78, 5) is 25.0. The van der Waals surface area contributed by atoms with Gasteiger partial charge in [-0.25, -0.2) is 4.68 Å². The number of nitrogens with two attached hydrogens (primary N) is 1. The number of thioether (sulfide) groups is 1. The molecule has 1 saturated heterocycles. The zero-order chi connectivity index (χ0) is 18.7. The van der Waals surface area contributed by atoms with Crippen LogP contribution in [0, 0.1) is 13.8 Å². The summed E-state index contributed by atoms with van der Waals surface area (Å²) in [6, 6.07) is 5.92. The molecule has 0 atom stereocenters. The molecule has 0 radical (unpaired) electrons. The molecule has 0 unspecified atom stereocenters. The summed E-state index contributed by atoms with van der Waals surface area (Å²) in [6.07, 6.45) is 1.16. The Labute approximate surface area is 155 Å². The Balaban J connectivity index is 1.57. The van der Waals surface area contributed by atoms with Gasteiger partial charge in [-0.05, 0) is 31.9 Å². The number of ether oxygens (including phenoxy) is 1. The van der Waals surface area contributed by atoms with Crippen LogP contribution < -0.4 is 10.6 Å². The minimum atomic E-state index is -0.228. The quantitative estimate of drug-likeness (QED) is 0.602. The van der Waals surface area contributed by atoms with Crippen LogP contribution in [0.5, 0.6) is 5.75 Å². The Morgan fingerprint density at radius 1 is 1.35 bits per heavy atom. The number of nitrogen functional groups attached to an aromatic ring is 1. The van der Waals surface area contributed by atoms with E-state index < -0.39 is 0 Å². The molecular weight excluding hydrogens is 354 g/mol. The molecule has 1 aromatic carbocycles. The van der Waals surface area contributed by atoms with Crippen molar-refractivity contribution in [2.45, 2.75) is 38.5 Å². The van der Waals surface area contributed by atoms with Gasteiger partial charge in [0.15, 0.2) is 5.82 Å². The van der Waals surface area contributed by atoms with E-state index in [4.69, 9.17) is 10.6 Å². The molecule has 0 saturated carbocycles. The summed E-state index contributed by atoms with van der Waals surface area (Å²) < 4.78 is 7.07. The highest BCUT2D eigenvalue weighted by atomic mass is 32.2. The molecule has 1 aliphatic heterocycles. The van der Waals surface area contributed by atoms with Crippen LogP contribution in [0.2, 0.25) is 0 Å². The van der Waals surface area contributed by atoms with E-state index >= 15 is 0 Å². The fourth-order valence-electron chi connectivity index (χ4n) is 2.72. The zero-order valence-electron chi connectivity index (χ0n) is 14.8. The van der Waals surface area contributed by atoms with Gasteiger partial charge in [0.1, 0.15) is 12.4 Å². The Hall–Kier alpha value is -2.55. The van der Waals surface area contributed by atoms with Gasteiger partial charge in [-0.3, -0.25) is 14.5 Å². The summed E-state index contributed by atoms with van der Waals surface area (Å²) in [5, 5.41) is 8.42. The second kappa shape index (κ2) is 7.77. The van der Waals surface area contributed by atoms with Crippen molar-refractivity contribution >= 4 is 23.6 Å². The van der Waals surface area contributed by atoms with Crippen LogP contribution in [0.3, 0.4) is 0 Å². The summed E-state index contributed by atoms with van der Waals surface area (Å²) in [5.41, 5.74) is 2.19. The lowest BCUT2D eigenvalue weighted by Crippen LogP contribution is -2.33. The zero-order valence-corrected chi connectivity index (χ0v) is 15.6. The van der Waals surface area contributed by atoms with Crippen molar-refractivity contribution in [1.82, 2.24) is 19.8 Å². The van der Waals surface area contributed by atoms with Gasteiger partial charge in [0.25, 0.3) is 0 Å². The standard InChI is InChI=1S/C17H21N5O3S/c1-11-5-6-13(12(2)8-11)25-9-14-19-20-17(22(14)18)26-10-16(24)21-7-3-4-15(21)23/h5-6,8H,3-4,7,9-10,18H2,1-2H3. The van der Waals surface area contributed by atoms with Crippen LogP contribution in [-0.4, -0.2) is 43.9 Å². The first kappa shape index (κ1) is 18.2. The topological polar surface area (TPSA) is 103 Å². The molecule has 2 aromatic rings. The minimum absolute atomic E-state index is 0.0962. The highest BCUT2D eigenvalue weighted by Crippen LogP contribution is 2.21. The van der Waals surface area contributed by atoms with Crippen LogP contribution in [-0.2, 0) is 16.2 Å². The second-order valence-electron chi connectivity index (χ2n) is 6.16. The Morgan fingerprint density at radius 2 is 2.15 bits per heavy atom. The summed E-state index contributed by atoms with van der Waals surface area (Å²) in [7, 11) is 0. The lowest BCUT2D eigenvalue weighted by molar-refractivity contribution is -0.140. The lowest BCUT2D eigenvalue weighted by Gasteiger charge is -2.12. The van der Waals surface area contributed by atoms with Crippen molar-refractivity contribution in [2.24, 2.45) is 0 Å². The van der Waals surface area contributed by atoms with Gasteiger partial charge in [-0.2, -0.15) is 0 Å². The number of amides is 2. The predicted octanol–water partition coefficient (Wildman–Crippen LogP) is 1.43. The van der Waals surface area contributed by atoms with Gasteiger partial charge < -0.3 is 10.6 Å². The monoisotopic (exact) mass is 375 g/mol. The second-order valence-corrected chi connectivity index (χ2v) is 7.10. The minimum Gasteiger partial charge on any atom is -0.485 e. The summed E-state index contributed by atoms with van der Waals surface area (Å²) in [5.74, 6) is 6.96. The Morgan fingerprint density at radius 3 is 2.85 bits per heavy atom. The van der Waals surface area contributed by atoms with E-state index in [9.17, 15) is 9.59 Å². The molecule has 9 heteroatoms. The largest absolute Gasteiger partial charge is 0.485 e. The summed E-state index contributed by atoms with van der Waals surface area (Å²) in [6.45, 7) is 4.66. The maximum Gasteiger partial charge on any atom is 0.239 e. The van der Waals surface area contributed by atoms with E-state index in [-0.39, 0.29) is 24.2 Å². The fraction of sp³-hybridized carbons (Fsp3) is 0.412. The number of rotatable bonds is 6. The number of imide groups is 1. The van der Waals surface area contributed by atoms with E-state index in [1.165, 1.54) is 9.58 Å². The van der Waals surface area contributed by atoms with Crippen LogP contribution in [0.15, 0.2) is 23.4 Å². The molecule has 1 aliphatic rings. The van der Waals surface area contributed by atoms with Crippen molar-refractivity contribution in [1.29, 1.82) is 0 Å². The maximum atomic E-state index is 12.1. The Bertz CT molecular complexity index is 836. The Kier molecular flexibility index (Phi) is 5.46. The number of benzene rings is 1. The SMILES string of the molecule is Cc1ccc(OCc2nnc(SCC(=O)N3CCCC3=O)n2N)c(C)c1. The van der Waals surface area contributed by atoms with Crippen LogP contribution in [0.25, 0.3) is 0 Å². The molecule has 0 bridgehead atoms. The smallest absolute Gasteiger partial charge is 0.239 e. The molecule has 1 aromatic heterocycles. The van der Waals surface area contributed by atoms with Gasteiger partial charge in [0, 0.05) is 13.0 Å². The number of hydrogen-bond acceptors (Lipinski definition) is 7. The van der Waals surface area contributed by atoms with E-state index in [1.807, 2.05) is 32.0 Å². The van der Waals surface area contributed by atoms with Gasteiger partial charge in [-0.1, -0.05) is 29.5 Å². The number of hydrogen-bond donors (Lipinski definition) is 1. The predicted molar refractivity (Wildman–Crippen MR) is 97.1 cm³/mol.